The fraction of sp³-hybridized carbons (Fsp3) is 0.417. The molecule has 4 aromatic rings. The molecule has 0 fully saturated rings. The summed E-state index contributed by atoms with van der Waals surface area (Å²) in [5.74, 6) is 0.598. The lowest BCUT2D eigenvalue weighted by atomic mass is 9.81. The van der Waals surface area contributed by atoms with Crippen molar-refractivity contribution < 1.29 is 29.0 Å². The molecule has 4 N–H and O–H groups in total. The number of anilines is 1. The molecule has 0 unspecified atom stereocenters. The summed E-state index contributed by atoms with van der Waals surface area (Å²) in [7, 11) is 3.44. The Morgan fingerprint density at radius 1 is 1.08 bits per heavy atom. The maximum absolute atomic E-state index is 13.6. The smallest absolute Gasteiger partial charge is 0.321 e. The Kier molecular flexibility index (Phi) is 10.8. The lowest BCUT2D eigenvalue weighted by Gasteiger charge is -2.34. The number of aliphatic hydroxyl groups is 1. The van der Waals surface area contributed by atoms with E-state index in [1.165, 1.54) is 0 Å². The van der Waals surface area contributed by atoms with Crippen LogP contribution in [0, 0.1) is 0 Å². The molecule has 0 saturated carbocycles. The molecule has 3 heterocycles. The first-order valence-electron chi connectivity index (χ1n) is 16.6. The highest BCUT2D eigenvalue weighted by Gasteiger charge is 2.38. The summed E-state index contributed by atoms with van der Waals surface area (Å²) in [6, 6.07) is 11.7. The molecule has 15 heteroatoms. The lowest BCUT2D eigenvalue weighted by Crippen LogP contribution is -2.49. The number of ether oxygens (including phenoxy) is 2. The van der Waals surface area contributed by atoms with Crippen LogP contribution in [0.2, 0.25) is 0 Å². The third kappa shape index (κ3) is 8.22. The highest BCUT2D eigenvalue weighted by molar-refractivity contribution is 5.94. The summed E-state index contributed by atoms with van der Waals surface area (Å²) >= 11 is 0. The second-order valence-electron chi connectivity index (χ2n) is 13.9. The number of hydrogen-bond donors (Lipinski definition) is 4. The number of fused-ring (bicyclic) bond motifs is 2. The number of nitrogens with zero attached hydrogens (tertiary/aromatic N) is 6. The van der Waals surface area contributed by atoms with E-state index in [0.29, 0.717) is 60.0 Å². The molecule has 3 amide bonds. The normalized spacial score (nSPS) is 17.2. The summed E-state index contributed by atoms with van der Waals surface area (Å²) in [5.41, 5.74) is -0.340. The molecule has 0 aliphatic heterocycles. The third-order valence-electron chi connectivity index (χ3n) is 8.64. The van der Waals surface area contributed by atoms with E-state index < -0.39 is 34.6 Å². The van der Waals surface area contributed by atoms with Gasteiger partial charge < -0.3 is 30.1 Å². The number of benzene rings is 1. The van der Waals surface area contributed by atoms with Gasteiger partial charge in [0.2, 0.25) is 5.82 Å². The number of aldehydes is 1. The van der Waals surface area contributed by atoms with Gasteiger partial charge in [-0.2, -0.15) is 0 Å². The van der Waals surface area contributed by atoms with Crippen LogP contribution in [0.15, 0.2) is 60.8 Å². The lowest BCUT2D eigenvalue weighted by molar-refractivity contribution is -0.111. The van der Waals surface area contributed by atoms with Crippen LogP contribution in [0.4, 0.5) is 10.6 Å². The zero-order valence-electron chi connectivity index (χ0n) is 29.9. The predicted molar refractivity (Wildman–Crippen MR) is 190 cm³/mol. The van der Waals surface area contributed by atoms with Crippen LogP contribution < -0.4 is 20.7 Å². The Labute approximate surface area is 296 Å². The van der Waals surface area contributed by atoms with Gasteiger partial charge in [-0.3, -0.25) is 19.3 Å². The molecule has 2 atom stereocenters. The minimum absolute atomic E-state index is 0.0101. The van der Waals surface area contributed by atoms with Crippen molar-refractivity contribution in [2.75, 3.05) is 45.7 Å². The van der Waals surface area contributed by atoms with Crippen LogP contribution in [0.25, 0.3) is 5.65 Å². The molecule has 51 heavy (non-hydrogen) atoms. The number of pyridine rings is 1. The predicted octanol–water partition coefficient (Wildman–Crippen LogP) is 3.26. The highest BCUT2D eigenvalue weighted by atomic mass is 16.5. The number of nitrogens with one attached hydrogen (secondary N) is 3. The van der Waals surface area contributed by atoms with Crippen molar-refractivity contribution in [2.24, 2.45) is 0 Å². The topological polar surface area (TPSA) is 185 Å². The fourth-order valence-corrected chi connectivity index (χ4v) is 5.54. The van der Waals surface area contributed by atoms with Gasteiger partial charge >= 0.3 is 6.03 Å². The largest absolute Gasteiger partial charge is 0.480 e. The number of amides is 3. The van der Waals surface area contributed by atoms with Gasteiger partial charge in [0.05, 0.1) is 18.5 Å². The van der Waals surface area contributed by atoms with Crippen molar-refractivity contribution in [3.05, 3.63) is 89.3 Å². The van der Waals surface area contributed by atoms with E-state index in [1.807, 2.05) is 63.1 Å². The van der Waals surface area contributed by atoms with Crippen molar-refractivity contribution in [2.45, 2.75) is 57.3 Å². The molecular weight excluding hydrogens is 654 g/mol. The molecule has 270 valence electrons. The molecule has 0 radical (unpaired) electrons. The van der Waals surface area contributed by atoms with Crippen molar-refractivity contribution in [3.8, 4) is 5.75 Å². The molecular formula is C36H45N9O6. The Bertz CT molecular complexity index is 1940. The van der Waals surface area contributed by atoms with E-state index in [-0.39, 0.29) is 18.2 Å². The summed E-state index contributed by atoms with van der Waals surface area (Å²) in [4.78, 5) is 50.1. The van der Waals surface area contributed by atoms with Crippen molar-refractivity contribution in [1.29, 1.82) is 0 Å². The molecule has 3 aromatic heterocycles. The second-order valence-corrected chi connectivity index (χ2v) is 13.9. The van der Waals surface area contributed by atoms with Gasteiger partial charge in [-0.1, -0.05) is 45.0 Å². The van der Waals surface area contributed by atoms with Crippen LogP contribution >= 0.6 is 0 Å². The highest BCUT2D eigenvalue weighted by Crippen LogP contribution is 2.37. The van der Waals surface area contributed by atoms with E-state index in [9.17, 15) is 14.4 Å². The van der Waals surface area contributed by atoms with Gasteiger partial charge in [-0.15, -0.1) is 10.2 Å². The maximum atomic E-state index is 13.6. The van der Waals surface area contributed by atoms with Gasteiger partial charge in [0.25, 0.3) is 5.91 Å². The minimum atomic E-state index is -1.53. The van der Waals surface area contributed by atoms with Gasteiger partial charge in [0, 0.05) is 43.8 Å². The number of aliphatic hydroxyl groups excluding tert-OH is 1. The average molecular weight is 700 g/mol. The molecule has 1 aliphatic rings. The number of rotatable bonds is 13. The van der Waals surface area contributed by atoms with Crippen molar-refractivity contribution >= 4 is 29.7 Å². The van der Waals surface area contributed by atoms with Crippen LogP contribution in [0.1, 0.15) is 74.0 Å². The standard InChI is InChI=1S/C36H45N9O6/c1-34(2,3)27-20-28(39-30(38-27)31(48)37-16-17-44(6)18-19-46)40-33(49)41-36(22-47)15-14-26(24-10-8-9-11-25(24)36)51-23-12-13-29-42-43-32(45(29)21-23)35(4,5)50-7/h8-15,20-22,26,46H,16-19H2,1-7H3,(H,37,48)(H2,38,39,40,41,49)/t26-,36-/m1/s1. The van der Waals surface area contributed by atoms with Crippen LogP contribution in [-0.4, -0.2) is 93.2 Å². The first-order chi connectivity index (χ1) is 24.2. The van der Waals surface area contributed by atoms with Gasteiger partial charge in [-0.25, -0.2) is 14.8 Å². The first-order valence-corrected chi connectivity index (χ1v) is 16.6. The minimum Gasteiger partial charge on any atom is -0.480 e. The number of hydrogen-bond acceptors (Lipinski definition) is 11. The summed E-state index contributed by atoms with van der Waals surface area (Å²) < 4.78 is 13.8. The third-order valence-corrected chi connectivity index (χ3v) is 8.64. The molecule has 1 aromatic carbocycles. The monoisotopic (exact) mass is 699 g/mol. The zero-order chi connectivity index (χ0) is 37.0. The zero-order valence-corrected chi connectivity index (χ0v) is 29.9. The fourth-order valence-electron chi connectivity index (χ4n) is 5.54. The van der Waals surface area contributed by atoms with Gasteiger partial charge in [-0.05, 0) is 50.7 Å². The molecule has 15 nitrogen and oxygen atoms in total. The number of carbonyl (C=O) groups is 3. The SMILES string of the molecule is COC(C)(C)c1nnc2ccc(O[C@@H]3C=C[C@](C=O)(NC(=O)Nc4cc(C(C)(C)C)nc(C(=O)NCCN(C)CCO)n4)c4ccccc43)cn12. The van der Waals surface area contributed by atoms with Gasteiger partial charge in [0.1, 0.15) is 28.8 Å². The quantitative estimate of drug-likeness (QED) is 0.119. The Hall–Kier alpha value is -5.25. The molecule has 0 bridgehead atoms. The molecule has 1 aliphatic carbocycles. The van der Waals surface area contributed by atoms with E-state index in [4.69, 9.17) is 14.6 Å². The maximum Gasteiger partial charge on any atom is 0.321 e. The summed E-state index contributed by atoms with van der Waals surface area (Å²) in [6.45, 7) is 10.9. The number of aromatic nitrogens is 5. The number of carbonyl (C=O) groups excluding carboxylic acids is 3. The molecule has 5 rings (SSSR count). The van der Waals surface area contributed by atoms with Crippen LogP contribution in [-0.2, 0) is 26.1 Å². The van der Waals surface area contributed by atoms with Crippen LogP contribution in [0.3, 0.4) is 0 Å². The Morgan fingerprint density at radius 2 is 1.84 bits per heavy atom. The summed E-state index contributed by atoms with van der Waals surface area (Å²) in [5, 5.41) is 25.9. The van der Waals surface area contributed by atoms with Crippen molar-refractivity contribution in [1.82, 2.24) is 40.1 Å². The molecule has 0 saturated heterocycles. The second kappa shape index (κ2) is 14.9. The number of likely N-dealkylation sites (N-methyl/N-ethyl adjacent to an activating group) is 1. The van der Waals surface area contributed by atoms with E-state index in [0.717, 1.165) is 0 Å². The van der Waals surface area contributed by atoms with Crippen LogP contribution in [0.5, 0.6) is 5.75 Å². The molecule has 0 spiro atoms. The van der Waals surface area contributed by atoms with E-state index >= 15 is 0 Å². The number of urea groups is 1. The van der Waals surface area contributed by atoms with E-state index in [2.05, 4.69) is 36.1 Å². The summed E-state index contributed by atoms with van der Waals surface area (Å²) in [6.07, 6.45) is 5.17. The van der Waals surface area contributed by atoms with Gasteiger partial charge in [0.15, 0.2) is 17.8 Å². The Morgan fingerprint density at radius 3 is 2.55 bits per heavy atom. The average Bonchev–Trinajstić information content (AvgIpc) is 3.53. The Balaban J connectivity index is 1.37. The van der Waals surface area contributed by atoms with Crippen molar-refractivity contribution in [3.63, 3.8) is 0 Å². The van der Waals surface area contributed by atoms with E-state index in [1.54, 1.807) is 55.8 Å². The number of methoxy groups -OCH3 is 1. The first kappa shape index (κ1) is 37.0.